The van der Waals surface area contributed by atoms with Gasteiger partial charge in [-0.05, 0) is 62.9 Å². The predicted molar refractivity (Wildman–Crippen MR) is 180 cm³/mol. The van der Waals surface area contributed by atoms with Crippen molar-refractivity contribution in [1.29, 1.82) is 0 Å². The number of hydrogen-bond donors (Lipinski definition) is 2. The number of nitrogens with zero attached hydrogens (tertiary/aromatic N) is 1. The summed E-state index contributed by atoms with van der Waals surface area (Å²) in [5.41, 5.74) is 9.55. The molecule has 0 bridgehead atoms. The lowest BCUT2D eigenvalue weighted by molar-refractivity contribution is 0.831. The van der Waals surface area contributed by atoms with Gasteiger partial charge in [0.2, 0.25) is 0 Å². The molecule has 6 aromatic rings. The zero-order valence-electron chi connectivity index (χ0n) is 25.0. The number of para-hydroxylation sites is 1. The van der Waals surface area contributed by atoms with E-state index in [1.165, 1.54) is 49.5 Å². The summed E-state index contributed by atoms with van der Waals surface area (Å²) in [6.45, 7) is 10.4. The molecule has 0 atom stereocenters. The second-order valence-corrected chi connectivity index (χ2v) is 11.7. The van der Waals surface area contributed by atoms with E-state index < -0.39 is 0 Å². The summed E-state index contributed by atoms with van der Waals surface area (Å²) in [4.78, 5) is 5.23. The first kappa shape index (κ1) is 27.5. The molecule has 0 saturated carbocycles. The third-order valence-corrected chi connectivity index (χ3v) is 8.16. The SMILES string of the molecule is CC(C)c1cccc(C(C)C)c1NCc1cccc(-c2c(CNc3cccc4ccccc34)ccc3ccccc23)n1. The fraction of sp³-hybridized carbons (Fsp3) is 0.205. The van der Waals surface area contributed by atoms with Crippen molar-refractivity contribution in [1.82, 2.24) is 4.98 Å². The number of anilines is 2. The first-order valence-electron chi connectivity index (χ1n) is 15.0. The lowest BCUT2D eigenvalue weighted by Gasteiger charge is -2.21. The molecular formula is C39H39N3. The van der Waals surface area contributed by atoms with Crippen LogP contribution < -0.4 is 10.6 Å². The molecule has 1 aromatic heterocycles. The fourth-order valence-corrected chi connectivity index (χ4v) is 5.99. The molecule has 3 heteroatoms. The molecule has 42 heavy (non-hydrogen) atoms. The number of nitrogens with one attached hydrogen (secondary N) is 2. The Labute approximate surface area is 249 Å². The highest BCUT2D eigenvalue weighted by Crippen LogP contribution is 2.35. The Morgan fingerprint density at radius 2 is 1.17 bits per heavy atom. The van der Waals surface area contributed by atoms with E-state index in [9.17, 15) is 0 Å². The van der Waals surface area contributed by atoms with E-state index in [1.54, 1.807) is 0 Å². The Hall–Kier alpha value is -4.63. The van der Waals surface area contributed by atoms with Crippen LogP contribution in [0, 0.1) is 0 Å². The first-order chi connectivity index (χ1) is 20.5. The van der Waals surface area contributed by atoms with Crippen LogP contribution in [0.5, 0.6) is 0 Å². The standard InChI is InChI=1S/C39H39N3/c1-26(2)32-18-11-19-33(27(3)4)39(32)41-25-31-15-10-21-37(42-31)38-30(23-22-29-13-6-8-17-35(29)38)24-40-36-20-9-14-28-12-5-7-16-34(28)36/h5-23,26-27,40-41H,24-25H2,1-4H3. The minimum atomic E-state index is 0.443. The van der Waals surface area contributed by atoms with Gasteiger partial charge in [0.05, 0.1) is 17.9 Å². The van der Waals surface area contributed by atoms with Crippen molar-refractivity contribution >= 4 is 32.9 Å². The third kappa shape index (κ3) is 5.60. The average Bonchev–Trinajstić information content (AvgIpc) is 3.02. The molecule has 5 aromatic carbocycles. The van der Waals surface area contributed by atoms with Crippen molar-refractivity contribution in [3.63, 3.8) is 0 Å². The molecular weight excluding hydrogens is 510 g/mol. The third-order valence-electron chi connectivity index (χ3n) is 8.16. The van der Waals surface area contributed by atoms with Crippen LogP contribution in [-0.2, 0) is 13.1 Å². The summed E-state index contributed by atoms with van der Waals surface area (Å²) >= 11 is 0. The van der Waals surface area contributed by atoms with Gasteiger partial charge < -0.3 is 10.6 Å². The Morgan fingerprint density at radius 1 is 0.548 bits per heavy atom. The van der Waals surface area contributed by atoms with Crippen LogP contribution in [-0.4, -0.2) is 4.98 Å². The molecule has 0 aliphatic carbocycles. The zero-order valence-corrected chi connectivity index (χ0v) is 25.0. The molecule has 0 fully saturated rings. The summed E-state index contributed by atoms with van der Waals surface area (Å²) in [5.74, 6) is 0.885. The summed E-state index contributed by atoms with van der Waals surface area (Å²) in [6, 6.07) is 41.1. The highest BCUT2D eigenvalue weighted by molar-refractivity contribution is 5.98. The Bertz CT molecular complexity index is 1820. The predicted octanol–water partition coefficient (Wildman–Crippen LogP) is 10.5. The summed E-state index contributed by atoms with van der Waals surface area (Å²) < 4.78 is 0. The van der Waals surface area contributed by atoms with E-state index in [2.05, 4.69) is 154 Å². The largest absolute Gasteiger partial charge is 0.380 e. The molecule has 3 nitrogen and oxygen atoms in total. The molecule has 0 aliphatic heterocycles. The van der Waals surface area contributed by atoms with Crippen molar-refractivity contribution in [3.8, 4) is 11.3 Å². The maximum atomic E-state index is 5.23. The minimum Gasteiger partial charge on any atom is -0.380 e. The van der Waals surface area contributed by atoms with Gasteiger partial charge in [0.1, 0.15) is 0 Å². The topological polar surface area (TPSA) is 37.0 Å². The van der Waals surface area contributed by atoms with E-state index in [4.69, 9.17) is 4.98 Å². The normalized spacial score (nSPS) is 11.5. The molecule has 0 unspecified atom stereocenters. The maximum Gasteiger partial charge on any atom is 0.0715 e. The van der Waals surface area contributed by atoms with Gasteiger partial charge >= 0.3 is 0 Å². The van der Waals surface area contributed by atoms with Gasteiger partial charge in [0.15, 0.2) is 0 Å². The van der Waals surface area contributed by atoms with E-state index in [0.717, 1.165) is 17.1 Å². The molecule has 0 amide bonds. The Balaban J connectivity index is 1.35. The van der Waals surface area contributed by atoms with Crippen molar-refractivity contribution < 1.29 is 0 Å². The summed E-state index contributed by atoms with van der Waals surface area (Å²) in [5, 5.41) is 12.4. The molecule has 0 radical (unpaired) electrons. The monoisotopic (exact) mass is 549 g/mol. The van der Waals surface area contributed by atoms with Crippen LogP contribution in [0.4, 0.5) is 11.4 Å². The van der Waals surface area contributed by atoms with Crippen LogP contribution in [0.2, 0.25) is 0 Å². The van der Waals surface area contributed by atoms with Gasteiger partial charge in [-0.2, -0.15) is 0 Å². The second kappa shape index (κ2) is 12.1. The highest BCUT2D eigenvalue weighted by atomic mass is 14.9. The molecule has 6 rings (SSSR count). The van der Waals surface area contributed by atoms with Crippen LogP contribution >= 0.6 is 0 Å². The molecule has 2 N–H and O–H groups in total. The average molecular weight is 550 g/mol. The quantitative estimate of drug-likeness (QED) is 0.188. The summed E-state index contributed by atoms with van der Waals surface area (Å²) in [7, 11) is 0. The van der Waals surface area contributed by atoms with Gasteiger partial charge in [0, 0.05) is 28.9 Å². The van der Waals surface area contributed by atoms with Crippen molar-refractivity contribution in [3.05, 3.63) is 138 Å². The maximum absolute atomic E-state index is 5.23. The van der Waals surface area contributed by atoms with Gasteiger partial charge in [-0.15, -0.1) is 0 Å². The van der Waals surface area contributed by atoms with E-state index in [0.29, 0.717) is 24.9 Å². The number of aromatic nitrogens is 1. The highest BCUT2D eigenvalue weighted by Gasteiger charge is 2.15. The van der Waals surface area contributed by atoms with Crippen molar-refractivity contribution in [2.75, 3.05) is 10.6 Å². The van der Waals surface area contributed by atoms with Gasteiger partial charge in [-0.3, -0.25) is 4.98 Å². The number of hydrogen-bond acceptors (Lipinski definition) is 3. The molecule has 1 heterocycles. The molecule has 0 spiro atoms. The summed E-state index contributed by atoms with van der Waals surface area (Å²) in [6.07, 6.45) is 0. The lowest BCUT2D eigenvalue weighted by Crippen LogP contribution is -2.09. The van der Waals surface area contributed by atoms with Crippen molar-refractivity contribution in [2.45, 2.75) is 52.6 Å². The number of benzene rings is 5. The van der Waals surface area contributed by atoms with Gasteiger partial charge in [-0.1, -0.05) is 125 Å². The molecule has 0 saturated heterocycles. The minimum absolute atomic E-state index is 0.443. The smallest absolute Gasteiger partial charge is 0.0715 e. The van der Waals surface area contributed by atoms with Gasteiger partial charge in [0.25, 0.3) is 0 Å². The Kier molecular flexibility index (Phi) is 7.92. The van der Waals surface area contributed by atoms with E-state index >= 15 is 0 Å². The molecule has 210 valence electrons. The van der Waals surface area contributed by atoms with Crippen LogP contribution in [0.25, 0.3) is 32.8 Å². The Morgan fingerprint density at radius 3 is 1.90 bits per heavy atom. The fourth-order valence-electron chi connectivity index (χ4n) is 5.99. The van der Waals surface area contributed by atoms with Crippen LogP contribution in [0.3, 0.4) is 0 Å². The molecule has 0 aliphatic rings. The van der Waals surface area contributed by atoms with E-state index in [-0.39, 0.29) is 0 Å². The number of rotatable bonds is 9. The van der Waals surface area contributed by atoms with Gasteiger partial charge in [-0.25, -0.2) is 0 Å². The van der Waals surface area contributed by atoms with Crippen molar-refractivity contribution in [2.24, 2.45) is 0 Å². The van der Waals surface area contributed by atoms with Crippen LogP contribution in [0.1, 0.15) is 61.9 Å². The number of fused-ring (bicyclic) bond motifs is 2. The van der Waals surface area contributed by atoms with Crippen LogP contribution in [0.15, 0.2) is 115 Å². The number of pyridine rings is 1. The lowest BCUT2D eigenvalue weighted by atomic mass is 9.92. The second-order valence-electron chi connectivity index (χ2n) is 11.7. The zero-order chi connectivity index (χ0) is 29.1. The first-order valence-corrected chi connectivity index (χ1v) is 15.0. The van der Waals surface area contributed by atoms with E-state index in [1.807, 2.05) is 0 Å².